The first kappa shape index (κ1) is 8.92. The molecule has 0 spiro atoms. The SMILES string of the molecule is CC[S@@](=N)(=O)c1nccc(=O)[nH]1. The topological polar surface area (TPSA) is 86.7 Å². The van der Waals surface area contributed by atoms with Gasteiger partial charge >= 0.3 is 0 Å². The Kier molecular flexibility index (Phi) is 2.27. The first-order chi connectivity index (χ1) is 5.56. The average molecular weight is 187 g/mol. The minimum atomic E-state index is -2.89. The summed E-state index contributed by atoms with van der Waals surface area (Å²) in [4.78, 5) is 16.7. The Bertz CT molecular complexity index is 420. The van der Waals surface area contributed by atoms with E-state index in [9.17, 15) is 9.00 Å². The zero-order valence-electron chi connectivity index (χ0n) is 6.53. The zero-order chi connectivity index (χ0) is 9.19. The van der Waals surface area contributed by atoms with E-state index in [4.69, 9.17) is 4.78 Å². The molecule has 0 amide bonds. The minimum absolute atomic E-state index is 0.0440. The number of nitrogens with zero attached hydrogens (tertiary/aromatic N) is 1. The third-order valence-electron chi connectivity index (χ3n) is 1.37. The lowest BCUT2D eigenvalue weighted by atomic mass is 10.7. The maximum Gasteiger partial charge on any atom is 0.251 e. The number of H-pyrrole nitrogens is 1. The maximum atomic E-state index is 11.3. The van der Waals surface area contributed by atoms with Crippen molar-refractivity contribution in [2.75, 3.05) is 5.75 Å². The van der Waals surface area contributed by atoms with Gasteiger partial charge in [0.05, 0.1) is 0 Å². The van der Waals surface area contributed by atoms with Crippen LogP contribution in [0.4, 0.5) is 0 Å². The highest BCUT2D eigenvalue weighted by molar-refractivity contribution is 7.92. The summed E-state index contributed by atoms with van der Waals surface area (Å²) in [5.41, 5.74) is -0.381. The van der Waals surface area contributed by atoms with Crippen LogP contribution in [0.2, 0.25) is 0 Å². The highest BCUT2D eigenvalue weighted by atomic mass is 32.2. The van der Waals surface area contributed by atoms with Crippen LogP contribution in [-0.4, -0.2) is 19.9 Å². The molecule has 0 saturated carbocycles. The fourth-order valence-electron chi connectivity index (χ4n) is 0.656. The van der Waals surface area contributed by atoms with Gasteiger partial charge in [-0.25, -0.2) is 14.0 Å². The quantitative estimate of drug-likeness (QED) is 0.648. The van der Waals surface area contributed by atoms with Gasteiger partial charge in [0.15, 0.2) is 0 Å². The Morgan fingerprint density at radius 1 is 1.75 bits per heavy atom. The van der Waals surface area contributed by atoms with E-state index in [0.717, 1.165) is 0 Å². The smallest absolute Gasteiger partial charge is 0.251 e. The van der Waals surface area contributed by atoms with Crippen LogP contribution >= 0.6 is 0 Å². The number of nitrogens with one attached hydrogen (secondary N) is 2. The van der Waals surface area contributed by atoms with Crippen molar-refractivity contribution in [3.8, 4) is 0 Å². The number of rotatable bonds is 2. The van der Waals surface area contributed by atoms with Gasteiger partial charge < -0.3 is 0 Å². The van der Waals surface area contributed by atoms with Crippen molar-refractivity contribution in [2.24, 2.45) is 0 Å². The molecule has 0 bridgehead atoms. The predicted molar refractivity (Wildman–Crippen MR) is 44.5 cm³/mol. The number of aromatic nitrogens is 2. The molecule has 2 N–H and O–H groups in total. The van der Waals surface area contributed by atoms with E-state index in [2.05, 4.69) is 9.97 Å². The molecule has 0 aliphatic rings. The molecule has 0 aliphatic heterocycles. The van der Waals surface area contributed by atoms with Crippen molar-refractivity contribution in [1.82, 2.24) is 9.97 Å². The van der Waals surface area contributed by atoms with Gasteiger partial charge in [0.25, 0.3) is 5.56 Å². The second-order valence-electron chi connectivity index (χ2n) is 2.20. The molecule has 1 rings (SSSR count). The van der Waals surface area contributed by atoms with Crippen molar-refractivity contribution in [3.63, 3.8) is 0 Å². The zero-order valence-corrected chi connectivity index (χ0v) is 7.35. The van der Waals surface area contributed by atoms with Crippen LogP contribution in [-0.2, 0) is 9.73 Å². The van der Waals surface area contributed by atoms with Gasteiger partial charge in [0.1, 0.15) is 9.73 Å². The van der Waals surface area contributed by atoms with Crippen molar-refractivity contribution < 1.29 is 4.21 Å². The molecule has 0 aromatic carbocycles. The van der Waals surface area contributed by atoms with Gasteiger partial charge in [0, 0.05) is 18.0 Å². The van der Waals surface area contributed by atoms with E-state index in [1.807, 2.05) is 0 Å². The van der Waals surface area contributed by atoms with E-state index >= 15 is 0 Å². The number of aromatic amines is 1. The maximum absolute atomic E-state index is 11.3. The lowest BCUT2D eigenvalue weighted by Gasteiger charge is -2.00. The summed E-state index contributed by atoms with van der Waals surface area (Å²) >= 11 is 0. The van der Waals surface area contributed by atoms with Crippen LogP contribution in [0.3, 0.4) is 0 Å². The summed E-state index contributed by atoms with van der Waals surface area (Å²) in [7, 11) is -2.89. The molecule has 1 heterocycles. The molecule has 6 heteroatoms. The Balaban J connectivity index is 3.31. The fraction of sp³-hybridized carbons (Fsp3) is 0.333. The van der Waals surface area contributed by atoms with Gasteiger partial charge in [-0.3, -0.25) is 9.78 Å². The highest BCUT2D eigenvalue weighted by Gasteiger charge is 2.08. The van der Waals surface area contributed by atoms with Crippen LogP contribution in [0.5, 0.6) is 0 Å². The van der Waals surface area contributed by atoms with Crippen LogP contribution in [0, 0.1) is 4.78 Å². The third kappa shape index (κ3) is 1.70. The van der Waals surface area contributed by atoms with Gasteiger partial charge in [-0.05, 0) is 0 Å². The van der Waals surface area contributed by atoms with Crippen LogP contribution in [0.25, 0.3) is 0 Å². The summed E-state index contributed by atoms with van der Waals surface area (Å²) in [6.07, 6.45) is 1.25. The van der Waals surface area contributed by atoms with Crippen molar-refractivity contribution >= 4 is 9.73 Å². The largest absolute Gasteiger partial charge is 0.299 e. The normalized spacial score (nSPS) is 15.4. The molecule has 0 saturated heterocycles. The van der Waals surface area contributed by atoms with Gasteiger partial charge in [-0.1, -0.05) is 6.92 Å². The summed E-state index contributed by atoms with van der Waals surface area (Å²) in [5.74, 6) is 0.153. The van der Waals surface area contributed by atoms with Crippen molar-refractivity contribution in [3.05, 3.63) is 22.6 Å². The third-order valence-corrected chi connectivity index (χ3v) is 3.01. The Morgan fingerprint density at radius 3 is 2.92 bits per heavy atom. The summed E-state index contributed by atoms with van der Waals surface area (Å²) in [6, 6.07) is 1.22. The molecule has 1 atom stereocenters. The van der Waals surface area contributed by atoms with E-state index in [1.165, 1.54) is 12.3 Å². The highest BCUT2D eigenvalue weighted by Crippen LogP contribution is 2.00. The van der Waals surface area contributed by atoms with E-state index < -0.39 is 9.73 Å². The molecule has 0 unspecified atom stereocenters. The molecule has 1 aromatic rings. The van der Waals surface area contributed by atoms with Crippen LogP contribution in [0.15, 0.2) is 22.2 Å². The van der Waals surface area contributed by atoms with Crippen molar-refractivity contribution in [2.45, 2.75) is 12.1 Å². The molecule has 5 nitrogen and oxygen atoms in total. The van der Waals surface area contributed by atoms with Crippen LogP contribution in [0.1, 0.15) is 6.92 Å². The summed E-state index contributed by atoms with van der Waals surface area (Å²) in [5, 5.41) is -0.0440. The van der Waals surface area contributed by atoms with Crippen molar-refractivity contribution in [1.29, 1.82) is 4.78 Å². The number of hydrogen-bond donors (Lipinski definition) is 2. The first-order valence-electron chi connectivity index (χ1n) is 3.38. The molecule has 1 aromatic heterocycles. The second kappa shape index (κ2) is 3.06. The predicted octanol–water partition coefficient (Wildman–Crippen LogP) is 0.195. The summed E-state index contributed by atoms with van der Waals surface area (Å²) < 4.78 is 18.7. The van der Waals surface area contributed by atoms with Gasteiger partial charge in [-0.15, -0.1) is 0 Å². The molecule has 0 aliphatic carbocycles. The molecule has 66 valence electrons. The van der Waals surface area contributed by atoms with E-state index in [-0.39, 0.29) is 16.5 Å². The average Bonchev–Trinajstić information content (AvgIpc) is 2.05. The first-order valence-corrected chi connectivity index (χ1v) is 5.11. The lowest BCUT2D eigenvalue weighted by molar-refractivity contribution is 0.666. The molecule has 0 fully saturated rings. The lowest BCUT2D eigenvalue weighted by Crippen LogP contribution is -2.14. The van der Waals surface area contributed by atoms with Gasteiger partial charge in [-0.2, -0.15) is 0 Å². The second-order valence-corrected chi connectivity index (χ2v) is 4.52. The molecular formula is C6H9N3O2S. The monoisotopic (exact) mass is 187 g/mol. The Labute approximate surface area is 69.8 Å². The molecule has 12 heavy (non-hydrogen) atoms. The Morgan fingerprint density at radius 2 is 2.42 bits per heavy atom. The number of hydrogen-bond acceptors (Lipinski definition) is 4. The Hall–Kier alpha value is -1.17. The fourth-order valence-corrected chi connectivity index (χ4v) is 1.43. The molecular weight excluding hydrogens is 178 g/mol. The van der Waals surface area contributed by atoms with E-state index in [1.54, 1.807) is 6.92 Å². The van der Waals surface area contributed by atoms with E-state index in [0.29, 0.717) is 0 Å². The van der Waals surface area contributed by atoms with Gasteiger partial charge in [0.2, 0.25) is 5.16 Å². The van der Waals surface area contributed by atoms with Crippen LogP contribution < -0.4 is 5.56 Å². The minimum Gasteiger partial charge on any atom is -0.299 e. The standard InChI is InChI=1S/C6H9N3O2S/c1-2-12(7,11)6-8-4-3-5(10)9-6/h3-4,7H,2H2,1H3,(H,8,9,10)/t12-/m1/s1. The molecule has 0 radical (unpaired) electrons. The summed E-state index contributed by atoms with van der Waals surface area (Å²) in [6.45, 7) is 1.61.